The highest BCUT2D eigenvalue weighted by Crippen LogP contribution is 2.05. The number of hydrogen-bond donors (Lipinski definition) is 2. The number of piperazine rings is 1. The fourth-order valence-corrected chi connectivity index (χ4v) is 2.71. The maximum absolute atomic E-state index is 12.2. The number of amides is 3. The first-order chi connectivity index (χ1) is 11.1. The van der Waals surface area contributed by atoms with Gasteiger partial charge in [0.15, 0.2) is 0 Å². The van der Waals surface area contributed by atoms with Gasteiger partial charge in [0.05, 0.1) is 6.54 Å². The smallest absolute Gasteiger partial charge is 0.317 e. The molecular formula is C17H34N4O2. The summed E-state index contributed by atoms with van der Waals surface area (Å²) >= 11 is 0. The lowest BCUT2D eigenvalue weighted by molar-refractivity contribution is -0.122. The summed E-state index contributed by atoms with van der Waals surface area (Å²) in [6, 6.07) is 0.260. The number of carbonyl (C=O) groups is 2. The third-order valence-electron chi connectivity index (χ3n) is 4.21. The van der Waals surface area contributed by atoms with Crippen molar-refractivity contribution in [3.05, 3.63) is 0 Å². The molecule has 6 heteroatoms. The van der Waals surface area contributed by atoms with E-state index in [0.29, 0.717) is 19.6 Å². The molecule has 1 fully saturated rings. The van der Waals surface area contributed by atoms with Crippen LogP contribution in [0.5, 0.6) is 0 Å². The summed E-state index contributed by atoms with van der Waals surface area (Å²) in [4.78, 5) is 27.9. The molecule has 134 valence electrons. The van der Waals surface area contributed by atoms with Crippen LogP contribution in [0.1, 0.15) is 52.9 Å². The van der Waals surface area contributed by atoms with Crippen LogP contribution in [0.4, 0.5) is 4.79 Å². The van der Waals surface area contributed by atoms with Crippen LogP contribution >= 0.6 is 0 Å². The van der Waals surface area contributed by atoms with Crippen molar-refractivity contribution in [1.82, 2.24) is 20.4 Å². The van der Waals surface area contributed by atoms with Gasteiger partial charge in [-0.15, -0.1) is 0 Å². The van der Waals surface area contributed by atoms with E-state index >= 15 is 0 Å². The molecule has 1 heterocycles. The number of nitrogens with one attached hydrogen (secondary N) is 2. The number of carbonyl (C=O) groups excluding carboxylic acids is 2. The van der Waals surface area contributed by atoms with Gasteiger partial charge in [0.25, 0.3) is 0 Å². The Morgan fingerprint density at radius 1 is 1.04 bits per heavy atom. The maximum atomic E-state index is 12.2. The fraction of sp³-hybridized carbons (Fsp3) is 0.882. The van der Waals surface area contributed by atoms with Crippen LogP contribution in [0.3, 0.4) is 0 Å². The van der Waals surface area contributed by atoms with E-state index in [1.807, 2.05) is 11.8 Å². The molecule has 0 aromatic rings. The Kier molecular flexibility index (Phi) is 9.67. The third kappa shape index (κ3) is 8.21. The van der Waals surface area contributed by atoms with Gasteiger partial charge in [-0.2, -0.15) is 0 Å². The van der Waals surface area contributed by atoms with E-state index in [1.54, 1.807) is 0 Å². The van der Waals surface area contributed by atoms with E-state index < -0.39 is 0 Å². The monoisotopic (exact) mass is 326 g/mol. The average molecular weight is 326 g/mol. The Hall–Kier alpha value is -1.30. The molecule has 2 N–H and O–H groups in total. The normalized spacial score (nSPS) is 16.9. The van der Waals surface area contributed by atoms with E-state index in [-0.39, 0.29) is 18.0 Å². The topological polar surface area (TPSA) is 64.7 Å². The molecule has 0 radical (unpaired) electrons. The summed E-state index contributed by atoms with van der Waals surface area (Å²) < 4.78 is 0. The first-order valence-corrected chi connectivity index (χ1v) is 9.11. The molecule has 1 unspecified atom stereocenters. The lowest BCUT2D eigenvalue weighted by atomic mass is 10.1. The van der Waals surface area contributed by atoms with E-state index in [9.17, 15) is 9.59 Å². The summed E-state index contributed by atoms with van der Waals surface area (Å²) in [5.74, 6) is 0.0781. The van der Waals surface area contributed by atoms with Crippen molar-refractivity contribution in [2.75, 3.05) is 39.3 Å². The van der Waals surface area contributed by atoms with E-state index in [2.05, 4.69) is 29.4 Å². The van der Waals surface area contributed by atoms with Crippen LogP contribution in [-0.2, 0) is 4.79 Å². The summed E-state index contributed by atoms with van der Waals surface area (Å²) in [5, 5.41) is 5.97. The zero-order valence-corrected chi connectivity index (χ0v) is 15.1. The Labute approximate surface area is 141 Å². The number of nitrogens with zero attached hydrogens (tertiary/aromatic N) is 2. The van der Waals surface area contributed by atoms with Gasteiger partial charge in [0, 0.05) is 38.8 Å². The third-order valence-corrected chi connectivity index (χ3v) is 4.21. The number of unbranched alkanes of at least 4 members (excludes halogenated alkanes) is 2. The van der Waals surface area contributed by atoms with E-state index in [4.69, 9.17) is 0 Å². The second-order valence-corrected chi connectivity index (χ2v) is 6.46. The molecule has 0 aromatic heterocycles. The predicted octanol–water partition coefficient (Wildman–Crippen LogP) is 1.81. The Morgan fingerprint density at radius 3 is 2.35 bits per heavy atom. The SMILES string of the molecule is CCCCCC(C)NC(=O)N1CCN(CC(=O)NCCC)CC1. The van der Waals surface area contributed by atoms with E-state index in [1.165, 1.54) is 19.3 Å². The minimum atomic E-state index is 0.0316. The second kappa shape index (κ2) is 11.3. The van der Waals surface area contributed by atoms with Crippen LogP contribution in [0, 0.1) is 0 Å². The molecular weight excluding hydrogens is 292 g/mol. The Balaban J connectivity index is 2.21. The molecule has 1 saturated heterocycles. The average Bonchev–Trinajstić information content (AvgIpc) is 2.53. The van der Waals surface area contributed by atoms with Gasteiger partial charge in [-0.25, -0.2) is 4.79 Å². The van der Waals surface area contributed by atoms with Crippen molar-refractivity contribution in [2.45, 2.75) is 58.9 Å². The highest BCUT2D eigenvalue weighted by molar-refractivity contribution is 5.78. The molecule has 0 spiro atoms. The molecule has 1 aliphatic rings. The maximum Gasteiger partial charge on any atom is 0.317 e. The molecule has 0 aliphatic carbocycles. The van der Waals surface area contributed by atoms with Crippen LogP contribution < -0.4 is 10.6 Å². The van der Waals surface area contributed by atoms with E-state index in [0.717, 1.165) is 32.5 Å². The first-order valence-electron chi connectivity index (χ1n) is 9.11. The van der Waals surface area contributed by atoms with Crippen LogP contribution in [0.15, 0.2) is 0 Å². The summed E-state index contributed by atoms with van der Waals surface area (Å²) in [5.41, 5.74) is 0. The lowest BCUT2D eigenvalue weighted by Gasteiger charge is -2.34. The van der Waals surface area contributed by atoms with Crippen molar-refractivity contribution in [3.8, 4) is 0 Å². The number of hydrogen-bond acceptors (Lipinski definition) is 3. The zero-order valence-electron chi connectivity index (χ0n) is 15.1. The van der Waals surface area contributed by atoms with Gasteiger partial charge in [0.1, 0.15) is 0 Å². The van der Waals surface area contributed by atoms with Gasteiger partial charge in [-0.1, -0.05) is 33.1 Å². The summed E-state index contributed by atoms with van der Waals surface area (Å²) in [7, 11) is 0. The van der Waals surface area contributed by atoms with Crippen LogP contribution in [0.2, 0.25) is 0 Å². The minimum Gasteiger partial charge on any atom is -0.355 e. The minimum absolute atomic E-state index is 0.0316. The molecule has 3 amide bonds. The second-order valence-electron chi connectivity index (χ2n) is 6.46. The predicted molar refractivity (Wildman–Crippen MR) is 93.4 cm³/mol. The molecule has 0 saturated carbocycles. The molecule has 0 aromatic carbocycles. The fourth-order valence-electron chi connectivity index (χ4n) is 2.71. The zero-order chi connectivity index (χ0) is 17.1. The van der Waals surface area contributed by atoms with Crippen molar-refractivity contribution in [2.24, 2.45) is 0 Å². The van der Waals surface area contributed by atoms with Crippen molar-refractivity contribution in [3.63, 3.8) is 0 Å². The van der Waals surface area contributed by atoms with Crippen molar-refractivity contribution >= 4 is 11.9 Å². The summed E-state index contributed by atoms with van der Waals surface area (Å²) in [6.45, 7) is 10.4. The molecule has 1 aliphatic heterocycles. The molecule has 0 bridgehead atoms. The van der Waals surface area contributed by atoms with Gasteiger partial charge in [0.2, 0.25) is 5.91 Å². The molecule has 6 nitrogen and oxygen atoms in total. The largest absolute Gasteiger partial charge is 0.355 e. The van der Waals surface area contributed by atoms with Crippen molar-refractivity contribution < 1.29 is 9.59 Å². The van der Waals surface area contributed by atoms with Crippen molar-refractivity contribution in [1.29, 1.82) is 0 Å². The van der Waals surface area contributed by atoms with Gasteiger partial charge in [-0.05, 0) is 19.8 Å². The standard InChI is InChI=1S/C17H34N4O2/c1-4-6-7-8-15(3)19-17(23)21-12-10-20(11-13-21)14-16(22)18-9-5-2/h15H,4-14H2,1-3H3,(H,18,22)(H,19,23). The molecule has 1 rings (SSSR count). The lowest BCUT2D eigenvalue weighted by Crippen LogP contribution is -2.54. The number of urea groups is 1. The summed E-state index contributed by atoms with van der Waals surface area (Å²) in [6.07, 6.45) is 5.58. The van der Waals surface area contributed by atoms with Gasteiger partial charge in [-0.3, -0.25) is 9.69 Å². The van der Waals surface area contributed by atoms with Crippen LogP contribution in [0.25, 0.3) is 0 Å². The highest BCUT2D eigenvalue weighted by atomic mass is 16.2. The highest BCUT2D eigenvalue weighted by Gasteiger charge is 2.22. The number of rotatable bonds is 9. The Morgan fingerprint density at radius 2 is 1.74 bits per heavy atom. The van der Waals surface area contributed by atoms with Gasteiger partial charge < -0.3 is 15.5 Å². The Bertz CT molecular complexity index is 355. The molecule has 1 atom stereocenters. The molecule has 23 heavy (non-hydrogen) atoms. The van der Waals surface area contributed by atoms with Gasteiger partial charge >= 0.3 is 6.03 Å². The quantitative estimate of drug-likeness (QED) is 0.635. The first kappa shape index (κ1) is 19.7. The van der Waals surface area contributed by atoms with Crippen LogP contribution in [-0.4, -0.2) is 67.0 Å².